The maximum atomic E-state index is 12.1. The number of ether oxygens (including phenoxy) is 1. The van der Waals surface area contributed by atoms with Crippen LogP contribution in [0.5, 0.6) is 5.75 Å². The lowest BCUT2D eigenvalue weighted by Gasteiger charge is -2.12. The van der Waals surface area contributed by atoms with E-state index in [9.17, 15) is 13.2 Å². The van der Waals surface area contributed by atoms with E-state index in [2.05, 4.69) is 15.9 Å². The van der Waals surface area contributed by atoms with Gasteiger partial charge in [0.25, 0.3) is 0 Å². The van der Waals surface area contributed by atoms with Crippen molar-refractivity contribution >= 4 is 50.9 Å². The Kier molecular flexibility index (Phi) is 7.14. The molecule has 8 heteroatoms. The van der Waals surface area contributed by atoms with E-state index >= 15 is 0 Å². The SMILES string of the molecule is FC(F)(F)CSc1cc(Cl)c(OCCCBr)c(Cl)c1. The number of alkyl halides is 4. The molecule has 0 heterocycles. The summed E-state index contributed by atoms with van der Waals surface area (Å²) in [5, 5.41) is 1.21. The van der Waals surface area contributed by atoms with Crippen LogP contribution in [0.3, 0.4) is 0 Å². The van der Waals surface area contributed by atoms with E-state index < -0.39 is 11.9 Å². The highest BCUT2D eigenvalue weighted by Gasteiger charge is 2.27. The second kappa shape index (κ2) is 7.86. The topological polar surface area (TPSA) is 9.23 Å². The largest absolute Gasteiger partial charge is 0.490 e. The lowest BCUT2D eigenvalue weighted by Crippen LogP contribution is -2.10. The van der Waals surface area contributed by atoms with Crippen molar-refractivity contribution in [1.29, 1.82) is 0 Å². The lowest BCUT2D eigenvalue weighted by molar-refractivity contribution is -0.105. The fourth-order valence-electron chi connectivity index (χ4n) is 1.15. The number of benzene rings is 1. The van der Waals surface area contributed by atoms with Crippen molar-refractivity contribution < 1.29 is 17.9 Å². The zero-order chi connectivity index (χ0) is 14.5. The van der Waals surface area contributed by atoms with E-state index in [-0.39, 0.29) is 10.0 Å². The van der Waals surface area contributed by atoms with Crippen molar-refractivity contribution in [2.45, 2.75) is 17.5 Å². The van der Waals surface area contributed by atoms with E-state index in [4.69, 9.17) is 27.9 Å². The van der Waals surface area contributed by atoms with Crippen molar-refractivity contribution in [1.82, 2.24) is 0 Å². The third-order valence-corrected chi connectivity index (χ3v) is 4.06. The Morgan fingerprint density at radius 2 is 1.79 bits per heavy atom. The standard InChI is InChI=1S/C11H10BrCl2F3OS/c12-2-1-3-18-10-8(13)4-7(5-9(10)14)19-6-11(15,16)17/h4-5H,1-3,6H2. The molecule has 0 fully saturated rings. The van der Waals surface area contributed by atoms with Gasteiger partial charge < -0.3 is 4.74 Å². The van der Waals surface area contributed by atoms with Gasteiger partial charge in [0.15, 0.2) is 5.75 Å². The lowest BCUT2D eigenvalue weighted by atomic mass is 10.3. The van der Waals surface area contributed by atoms with Crippen LogP contribution in [0.4, 0.5) is 13.2 Å². The number of thioether (sulfide) groups is 1. The van der Waals surface area contributed by atoms with Gasteiger partial charge in [0, 0.05) is 10.2 Å². The predicted molar refractivity (Wildman–Crippen MR) is 77.1 cm³/mol. The molecule has 0 amide bonds. The van der Waals surface area contributed by atoms with Gasteiger partial charge >= 0.3 is 6.18 Å². The summed E-state index contributed by atoms with van der Waals surface area (Å²) in [7, 11) is 0. The van der Waals surface area contributed by atoms with Gasteiger partial charge in [-0.3, -0.25) is 0 Å². The van der Waals surface area contributed by atoms with Crippen molar-refractivity contribution in [3.8, 4) is 5.75 Å². The molecular weight excluding hydrogens is 388 g/mol. The summed E-state index contributed by atoms with van der Waals surface area (Å²) < 4.78 is 41.7. The molecule has 0 unspecified atom stereocenters. The van der Waals surface area contributed by atoms with Gasteiger partial charge in [-0.1, -0.05) is 39.1 Å². The van der Waals surface area contributed by atoms with Gasteiger partial charge in [0.2, 0.25) is 0 Å². The van der Waals surface area contributed by atoms with E-state index in [0.717, 1.165) is 11.8 Å². The summed E-state index contributed by atoms with van der Waals surface area (Å²) in [4.78, 5) is 0.361. The van der Waals surface area contributed by atoms with E-state index in [1.807, 2.05) is 0 Å². The molecule has 0 aliphatic carbocycles. The average Bonchev–Trinajstić information content (AvgIpc) is 2.29. The third kappa shape index (κ3) is 6.47. The highest BCUT2D eigenvalue weighted by Crippen LogP contribution is 2.38. The van der Waals surface area contributed by atoms with Crippen LogP contribution < -0.4 is 4.74 Å². The smallest absolute Gasteiger partial charge is 0.398 e. The second-order valence-electron chi connectivity index (χ2n) is 3.51. The van der Waals surface area contributed by atoms with Crippen molar-refractivity contribution in [2.75, 3.05) is 17.7 Å². The summed E-state index contributed by atoms with van der Waals surface area (Å²) in [6, 6.07) is 2.85. The molecule has 1 aromatic rings. The van der Waals surface area contributed by atoms with E-state index in [0.29, 0.717) is 29.0 Å². The van der Waals surface area contributed by atoms with Gasteiger partial charge in [-0.25, -0.2) is 0 Å². The van der Waals surface area contributed by atoms with Gasteiger partial charge in [0.05, 0.1) is 22.4 Å². The van der Waals surface area contributed by atoms with Gasteiger partial charge in [0.1, 0.15) is 0 Å². The van der Waals surface area contributed by atoms with Crippen LogP contribution >= 0.6 is 50.9 Å². The molecule has 0 atom stereocenters. The van der Waals surface area contributed by atoms with E-state index in [1.165, 1.54) is 12.1 Å². The molecule has 0 bridgehead atoms. The summed E-state index contributed by atoms with van der Waals surface area (Å²) in [5.74, 6) is -0.677. The molecule has 0 aliphatic heterocycles. The Hall–Kier alpha value is 0.220. The second-order valence-corrected chi connectivity index (χ2v) is 6.17. The molecule has 19 heavy (non-hydrogen) atoms. The number of hydrogen-bond donors (Lipinski definition) is 0. The first-order valence-electron chi connectivity index (χ1n) is 5.21. The molecule has 1 rings (SSSR count). The molecule has 0 saturated carbocycles. The summed E-state index contributed by atoms with van der Waals surface area (Å²) >= 11 is 15.8. The molecule has 0 spiro atoms. The van der Waals surface area contributed by atoms with Gasteiger partial charge in [-0.15, -0.1) is 11.8 Å². The normalized spacial score (nSPS) is 11.7. The predicted octanol–water partition coefficient (Wildman–Crippen LogP) is 5.81. The Morgan fingerprint density at radius 3 is 2.26 bits per heavy atom. The van der Waals surface area contributed by atoms with Crippen LogP contribution in [0, 0.1) is 0 Å². The molecule has 0 aromatic heterocycles. The Bertz CT molecular complexity index is 406. The first-order chi connectivity index (χ1) is 8.83. The summed E-state index contributed by atoms with van der Waals surface area (Å²) in [6.45, 7) is 0.430. The molecule has 108 valence electrons. The van der Waals surface area contributed by atoms with Crippen molar-refractivity contribution in [2.24, 2.45) is 0 Å². The number of halogens is 6. The summed E-state index contributed by atoms with van der Waals surface area (Å²) in [5.41, 5.74) is 0. The molecule has 0 saturated heterocycles. The maximum absolute atomic E-state index is 12.1. The Labute approximate surface area is 131 Å². The molecule has 0 aliphatic rings. The summed E-state index contributed by atoms with van der Waals surface area (Å²) in [6.07, 6.45) is -3.45. The maximum Gasteiger partial charge on any atom is 0.398 e. The van der Waals surface area contributed by atoms with Crippen LogP contribution in [0.1, 0.15) is 6.42 Å². The zero-order valence-electron chi connectivity index (χ0n) is 9.57. The van der Waals surface area contributed by atoms with Crippen LogP contribution in [0.15, 0.2) is 17.0 Å². The molecule has 1 nitrogen and oxygen atoms in total. The fraction of sp³-hybridized carbons (Fsp3) is 0.455. The number of rotatable bonds is 6. The van der Waals surface area contributed by atoms with Crippen LogP contribution in [0.2, 0.25) is 10.0 Å². The number of hydrogen-bond acceptors (Lipinski definition) is 2. The highest BCUT2D eigenvalue weighted by molar-refractivity contribution is 9.09. The minimum absolute atomic E-state index is 0.215. The van der Waals surface area contributed by atoms with Crippen molar-refractivity contribution in [3.05, 3.63) is 22.2 Å². The molecule has 0 radical (unpaired) electrons. The fourth-order valence-corrected chi connectivity index (χ4v) is 2.84. The van der Waals surface area contributed by atoms with E-state index in [1.54, 1.807) is 0 Å². The van der Waals surface area contributed by atoms with Gasteiger partial charge in [-0.05, 0) is 18.6 Å². The minimum atomic E-state index is -4.23. The molecular formula is C11H10BrCl2F3OS. The van der Waals surface area contributed by atoms with Crippen LogP contribution in [-0.4, -0.2) is 23.9 Å². The van der Waals surface area contributed by atoms with Crippen LogP contribution in [-0.2, 0) is 0 Å². The van der Waals surface area contributed by atoms with Gasteiger partial charge in [-0.2, -0.15) is 13.2 Å². The van der Waals surface area contributed by atoms with Crippen LogP contribution in [0.25, 0.3) is 0 Å². The van der Waals surface area contributed by atoms with Crippen molar-refractivity contribution in [3.63, 3.8) is 0 Å². The first-order valence-corrected chi connectivity index (χ1v) is 8.07. The molecule has 0 N–H and O–H groups in total. The first kappa shape index (κ1) is 17.3. The third-order valence-electron chi connectivity index (χ3n) is 1.90. The zero-order valence-corrected chi connectivity index (χ0v) is 13.5. The average molecular weight is 398 g/mol. The molecule has 1 aromatic carbocycles. The monoisotopic (exact) mass is 396 g/mol. The quantitative estimate of drug-likeness (QED) is 0.340. The highest BCUT2D eigenvalue weighted by atomic mass is 79.9. The Balaban J connectivity index is 2.73. The minimum Gasteiger partial charge on any atom is -0.490 e. The Morgan fingerprint density at radius 1 is 1.21 bits per heavy atom.